The first-order valence-electron chi connectivity index (χ1n) is 3.14. The summed E-state index contributed by atoms with van der Waals surface area (Å²) >= 11 is 0. The molecule has 0 bridgehead atoms. The molecule has 0 fully saturated rings. The van der Waals surface area contributed by atoms with Gasteiger partial charge in [-0.3, -0.25) is 0 Å². The van der Waals surface area contributed by atoms with Gasteiger partial charge in [-0.1, -0.05) is 0 Å². The van der Waals surface area contributed by atoms with E-state index in [0.29, 0.717) is 0 Å². The van der Waals surface area contributed by atoms with E-state index in [4.69, 9.17) is 0 Å². The Balaban J connectivity index is 5.33. The maximum Gasteiger partial charge on any atom is 0.493 e. The second-order valence-electron chi connectivity index (χ2n) is 2.28. The largest absolute Gasteiger partial charge is 0.493 e. The van der Waals surface area contributed by atoms with Crippen molar-refractivity contribution in [3.63, 3.8) is 0 Å². The van der Waals surface area contributed by atoms with Crippen LogP contribution in [0.25, 0.3) is 0 Å². The number of halogens is 10. The highest BCUT2D eigenvalue weighted by Crippen LogP contribution is 2.38. The lowest BCUT2D eigenvalue weighted by molar-refractivity contribution is -0.365. The summed E-state index contributed by atoms with van der Waals surface area (Å²) in [6.07, 6.45) is -20.1. The lowest BCUT2D eigenvalue weighted by Gasteiger charge is -2.26. The van der Waals surface area contributed by atoms with Gasteiger partial charge in [0.05, 0.1) is 6.08 Å². The van der Waals surface area contributed by atoms with Crippen molar-refractivity contribution in [2.45, 2.75) is 18.8 Å². The molecule has 0 aliphatic rings. The smallest absolute Gasteiger partial charge is 0.187 e. The average molecular weight is 265 g/mol. The molecule has 0 aliphatic carbocycles. The zero-order valence-corrected chi connectivity index (χ0v) is 6.80. The molecule has 0 atom stereocenters. The second kappa shape index (κ2) is 4.01. The third kappa shape index (κ3) is 4.57. The van der Waals surface area contributed by atoms with Crippen molar-refractivity contribution in [1.82, 2.24) is 4.90 Å². The molecule has 96 valence electrons. The molecule has 0 aromatic heterocycles. The maximum atomic E-state index is 12.2. The number of allylic oxidation sites excluding steroid dienone is 1. The summed E-state index contributed by atoms with van der Waals surface area (Å²) in [5.74, 6) is -3.51. The van der Waals surface area contributed by atoms with Gasteiger partial charge in [0, 0.05) is 0 Å². The van der Waals surface area contributed by atoms with Crippen LogP contribution in [0.4, 0.5) is 43.9 Å². The highest BCUT2D eigenvalue weighted by atomic mass is 19.4. The van der Waals surface area contributed by atoms with Crippen molar-refractivity contribution in [3.8, 4) is 0 Å². The van der Waals surface area contributed by atoms with E-state index in [2.05, 4.69) is 0 Å². The zero-order chi connectivity index (χ0) is 13.4. The molecule has 0 saturated heterocycles. The van der Waals surface area contributed by atoms with Gasteiger partial charge in [-0.2, -0.15) is 22.5 Å². The van der Waals surface area contributed by atoms with Crippen molar-refractivity contribution in [2.75, 3.05) is 0 Å². The molecule has 0 spiro atoms. The van der Waals surface area contributed by atoms with Gasteiger partial charge < -0.3 is 0 Å². The lowest BCUT2D eigenvalue weighted by Crippen LogP contribution is -2.46. The first kappa shape index (κ1) is 14.8. The Morgan fingerprint density at radius 3 is 1.25 bits per heavy atom. The lowest BCUT2D eigenvalue weighted by atomic mass is 10.5. The normalized spacial score (nSPS) is 15.2. The molecule has 16 heavy (non-hydrogen) atoms. The Hall–Kier alpha value is -1.16. The van der Waals surface area contributed by atoms with Crippen LogP contribution in [0.2, 0.25) is 0 Å². The van der Waals surface area contributed by atoms with Crippen LogP contribution in [0.15, 0.2) is 12.0 Å². The molecule has 0 aromatic carbocycles. The number of hydrogen-bond acceptors (Lipinski definition) is 1. The third-order valence-corrected chi connectivity index (χ3v) is 1.00. The standard InChI is InChI=1S/C5HF10N/c6-2(1-3(7,8)9)16(4(10,11)12)5(13,14)15/h1H/b2-1+. The van der Waals surface area contributed by atoms with Gasteiger partial charge in [0.1, 0.15) is 0 Å². The minimum absolute atomic E-state index is 1.74. The van der Waals surface area contributed by atoms with Crippen LogP contribution in [-0.2, 0) is 0 Å². The van der Waals surface area contributed by atoms with Crippen molar-refractivity contribution >= 4 is 0 Å². The van der Waals surface area contributed by atoms with Gasteiger partial charge in [-0.25, -0.2) is 0 Å². The van der Waals surface area contributed by atoms with Gasteiger partial charge in [-0.05, 0) is 0 Å². The van der Waals surface area contributed by atoms with Crippen LogP contribution in [0, 0.1) is 0 Å². The minimum atomic E-state index is -6.34. The fourth-order valence-electron chi connectivity index (χ4n) is 0.586. The highest BCUT2D eigenvalue weighted by molar-refractivity contribution is 4.98. The molecule has 1 nitrogen and oxygen atoms in total. The Morgan fingerprint density at radius 2 is 1.06 bits per heavy atom. The van der Waals surface area contributed by atoms with Crippen LogP contribution in [0.1, 0.15) is 0 Å². The number of nitrogens with zero attached hydrogens (tertiary/aromatic N) is 1. The van der Waals surface area contributed by atoms with Crippen LogP contribution in [-0.4, -0.2) is 23.7 Å². The van der Waals surface area contributed by atoms with Crippen LogP contribution < -0.4 is 0 Å². The summed E-state index contributed by atoms with van der Waals surface area (Å²) in [6.45, 7) is 0. The number of alkyl halides is 9. The van der Waals surface area contributed by atoms with Gasteiger partial charge >= 0.3 is 18.8 Å². The SMILES string of the molecule is F/C(=C\C(F)(F)F)N(C(F)(F)F)C(F)(F)F. The zero-order valence-electron chi connectivity index (χ0n) is 6.80. The van der Waals surface area contributed by atoms with E-state index in [1.54, 1.807) is 0 Å². The molecular weight excluding hydrogens is 264 g/mol. The molecule has 0 rings (SSSR count). The predicted octanol–water partition coefficient (Wildman–Crippen LogP) is 3.70. The van der Waals surface area contributed by atoms with E-state index >= 15 is 0 Å². The maximum absolute atomic E-state index is 12.2. The van der Waals surface area contributed by atoms with Crippen molar-refractivity contribution in [1.29, 1.82) is 0 Å². The van der Waals surface area contributed by atoms with E-state index in [1.807, 2.05) is 0 Å². The summed E-state index contributed by atoms with van der Waals surface area (Å²) < 4.78 is 116. The van der Waals surface area contributed by atoms with Crippen LogP contribution >= 0.6 is 0 Å². The topological polar surface area (TPSA) is 3.24 Å². The van der Waals surface area contributed by atoms with Crippen LogP contribution in [0.5, 0.6) is 0 Å². The molecule has 0 N–H and O–H groups in total. The molecular formula is C5HF10N. The quantitative estimate of drug-likeness (QED) is 0.516. The van der Waals surface area contributed by atoms with Gasteiger partial charge in [0.15, 0.2) is 0 Å². The fourth-order valence-corrected chi connectivity index (χ4v) is 0.586. The molecule has 0 aromatic rings. The average Bonchev–Trinajstić information content (AvgIpc) is 1.70. The van der Waals surface area contributed by atoms with E-state index in [1.165, 1.54) is 0 Å². The van der Waals surface area contributed by atoms with E-state index in [9.17, 15) is 43.9 Å². The predicted molar refractivity (Wildman–Crippen MR) is 29.2 cm³/mol. The van der Waals surface area contributed by atoms with Crippen molar-refractivity contribution in [2.24, 2.45) is 0 Å². The van der Waals surface area contributed by atoms with E-state index in [-0.39, 0.29) is 0 Å². The number of hydrogen-bond donors (Lipinski definition) is 0. The Bertz CT molecular complexity index is 252. The molecule has 0 amide bonds. The highest BCUT2D eigenvalue weighted by Gasteiger charge is 2.56. The van der Waals surface area contributed by atoms with Crippen molar-refractivity contribution < 1.29 is 43.9 Å². The molecule has 0 aliphatic heterocycles. The first-order chi connectivity index (χ1) is 6.75. The van der Waals surface area contributed by atoms with Crippen LogP contribution in [0.3, 0.4) is 0 Å². The molecule has 0 heterocycles. The minimum Gasteiger partial charge on any atom is -0.187 e. The first-order valence-corrected chi connectivity index (χ1v) is 3.14. The summed E-state index contributed by atoms with van der Waals surface area (Å²) in [6, 6.07) is 0. The molecule has 0 radical (unpaired) electrons. The van der Waals surface area contributed by atoms with Crippen molar-refractivity contribution in [3.05, 3.63) is 12.0 Å². The third-order valence-electron chi connectivity index (χ3n) is 1.00. The molecule has 0 saturated carbocycles. The summed E-state index contributed by atoms with van der Waals surface area (Å²) in [7, 11) is 0. The Morgan fingerprint density at radius 1 is 0.750 bits per heavy atom. The van der Waals surface area contributed by atoms with E-state index < -0.39 is 35.7 Å². The Kier molecular flexibility index (Phi) is 3.72. The molecule has 11 heteroatoms. The monoisotopic (exact) mass is 265 g/mol. The number of rotatable bonds is 1. The van der Waals surface area contributed by atoms with Gasteiger partial charge in [-0.15, -0.1) is 26.3 Å². The van der Waals surface area contributed by atoms with Gasteiger partial charge in [0.2, 0.25) is 5.95 Å². The fraction of sp³-hybridized carbons (Fsp3) is 0.600. The van der Waals surface area contributed by atoms with E-state index in [0.717, 1.165) is 0 Å². The van der Waals surface area contributed by atoms with Gasteiger partial charge in [0.25, 0.3) is 0 Å². The summed E-state index contributed by atoms with van der Waals surface area (Å²) in [5, 5.41) is 0. The second-order valence-corrected chi connectivity index (χ2v) is 2.28. The molecule has 0 unspecified atom stereocenters. The Labute approximate surface area is 80.9 Å². The summed E-state index contributed by atoms with van der Waals surface area (Å²) in [4.78, 5) is -2.88. The summed E-state index contributed by atoms with van der Waals surface area (Å²) in [5.41, 5.74) is 0.